The Labute approximate surface area is 111 Å². The molecule has 0 saturated heterocycles. The minimum absolute atomic E-state index is 0.0548. The molecule has 0 saturated carbocycles. The highest BCUT2D eigenvalue weighted by molar-refractivity contribution is 5.99. The van der Waals surface area contributed by atoms with Crippen molar-refractivity contribution in [2.24, 2.45) is 0 Å². The largest absolute Gasteiger partial charge is 0.387 e. The van der Waals surface area contributed by atoms with Gasteiger partial charge in [-0.3, -0.25) is 4.79 Å². The van der Waals surface area contributed by atoms with Gasteiger partial charge < -0.3 is 14.8 Å². The molecule has 0 bridgehead atoms. The highest BCUT2D eigenvalue weighted by atomic mass is 16.2. The van der Waals surface area contributed by atoms with Gasteiger partial charge in [0, 0.05) is 38.2 Å². The lowest BCUT2D eigenvalue weighted by Crippen LogP contribution is -2.38. The summed E-state index contributed by atoms with van der Waals surface area (Å²) in [6.07, 6.45) is 3.74. The van der Waals surface area contributed by atoms with Crippen molar-refractivity contribution < 1.29 is 4.79 Å². The van der Waals surface area contributed by atoms with Crippen LogP contribution >= 0.6 is 0 Å². The number of para-hydroxylation sites is 1. The van der Waals surface area contributed by atoms with Crippen LogP contribution in [0.4, 0.5) is 5.69 Å². The fourth-order valence-corrected chi connectivity index (χ4v) is 2.40. The van der Waals surface area contributed by atoms with Crippen LogP contribution in [0.3, 0.4) is 0 Å². The van der Waals surface area contributed by atoms with Gasteiger partial charge in [-0.05, 0) is 12.1 Å². The Hall–Kier alpha value is -2.30. The summed E-state index contributed by atoms with van der Waals surface area (Å²) in [6, 6.07) is 7.58. The monoisotopic (exact) mass is 256 g/mol. The molecule has 0 aliphatic carbocycles. The molecular weight excluding hydrogens is 240 g/mol. The van der Waals surface area contributed by atoms with Gasteiger partial charge in [0.15, 0.2) is 0 Å². The second-order valence-corrected chi connectivity index (χ2v) is 4.56. The fraction of sp³-hybridized carbons (Fsp3) is 0.286. The predicted molar refractivity (Wildman–Crippen MR) is 73.0 cm³/mol. The molecule has 2 heterocycles. The van der Waals surface area contributed by atoms with E-state index in [1.54, 1.807) is 6.20 Å². The Morgan fingerprint density at radius 1 is 1.32 bits per heavy atom. The van der Waals surface area contributed by atoms with E-state index in [0.717, 1.165) is 24.6 Å². The van der Waals surface area contributed by atoms with E-state index in [1.807, 2.05) is 42.4 Å². The van der Waals surface area contributed by atoms with E-state index in [2.05, 4.69) is 14.9 Å². The van der Waals surface area contributed by atoms with E-state index in [4.69, 9.17) is 0 Å². The Morgan fingerprint density at radius 2 is 2.16 bits per heavy atom. The lowest BCUT2D eigenvalue weighted by atomic mass is 10.1. The number of anilines is 1. The summed E-state index contributed by atoms with van der Waals surface area (Å²) in [5, 5.41) is 3.06. The average Bonchev–Trinajstić information content (AvgIpc) is 2.93. The third-order valence-corrected chi connectivity index (χ3v) is 3.46. The number of hydrogen-bond donors (Lipinski definition) is 1. The first kappa shape index (κ1) is 11.8. The molecule has 1 aliphatic rings. The van der Waals surface area contributed by atoms with Crippen LogP contribution in [0.25, 0.3) is 0 Å². The smallest absolute Gasteiger partial charge is 0.256 e. The summed E-state index contributed by atoms with van der Waals surface area (Å²) >= 11 is 0. The average molecular weight is 256 g/mol. The molecule has 1 aromatic heterocycles. The number of benzene rings is 1. The number of hydrogen-bond acceptors (Lipinski definition) is 3. The molecule has 0 radical (unpaired) electrons. The third-order valence-electron chi connectivity index (χ3n) is 3.46. The molecule has 1 amide bonds. The first-order chi connectivity index (χ1) is 9.29. The number of imidazole rings is 1. The molecular formula is C14H16N4O. The van der Waals surface area contributed by atoms with Gasteiger partial charge in [0.1, 0.15) is 5.82 Å². The number of fused-ring (bicyclic) bond motifs is 1. The number of nitrogens with one attached hydrogen (secondary N) is 1. The van der Waals surface area contributed by atoms with Gasteiger partial charge in [0.2, 0.25) is 0 Å². The van der Waals surface area contributed by atoms with Crippen LogP contribution in [0.15, 0.2) is 36.7 Å². The minimum Gasteiger partial charge on any atom is -0.387 e. The first-order valence-electron chi connectivity index (χ1n) is 6.35. The van der Waals surface area contributed by atoms with Crippen LogP contribution < -0.4 is 5.32 Å². The van der Waals surface area contributed by atoms with Gasteiger partial charge in [0.25, 0.3) is 5.91 Å². The van der Waals surface area contributed by atoms with E-state index < -0.39 is 0 Å². The van der Waals surface area contributed by atoms with Gasteiger partial charge in [-0.25, -0.2) is 4.98 Å². The van der Waals surface area contributed by atoms with Crippen molar-refractivity contribution in [1.82, 2.24) is 14.5 Å². The lowest BCUT2D eigenvalue weighted by molar-refractivity contribution is 0.0708. The predicted octanol–water partition coefficient (Wildman–Crippen LogP) is 1.58. The summed E-state index contributed by atoms with van der Waals surface area (Å²) in [4.78, 5) is 18.7. The fourth-order valence-electron chi connectivity index (χ4n) is 2.40. The lowest BCUT2D eigenvalue weighted by Gasteiger charge is -2.28. The van der Waals surface area contributed by atoms with Crippen LogP contribution in [0.2, 0.25) is 0 Å². The number of rotatable bonds is 2. The van der Waals surface area contributed by atoms with Gasteiger partial charge in [0.05, 0.1) is 12.1 Å². The summed E-state index contributed by atoms with van der Waals surface area (Å²) in [7, 11) is 1.83. The number of aromatic nitrogens is 2. The standard InChI is InChI=1S/C14H16N4O/c1-15-12-5-3-2-4-11(12)14(19)18-9-8-17-7-6-16-13(17)10-18/h2-7,15H,8-10H2,1H3. The van der Waals surface area contributed by atoms with Gasteiger partial charge in [-0.15, -0.1) is 0 Å². The summed E-state index contributed by atoms with van der Waals surface area (Å²) in [5.74, 6) is 1.00. The van der Waals surface area contributed by atoms with Crippen LogP contribution in [0.5, 0.6) is 0 Å². The Morgan fingerprint density at radius 3 is 3.00 bits per heavy atom. The molecule has 0 unspecified atom stereocenters. The molecule has 1 N–H and O–H groups in total. The molecule has 0 atom stereocenters. The molecule has 0 fully saturated rings. The summed E-state index contributed by atoms with van der Waals surface area (Å²) in [5.41, 5.74) is 1.58. The quantitative estimate of drug-likeness (QED) is 0.887. The van der Waals surface area contributed by atoms with Crippen LogP contribution in [-0.4, -0.2) is 34.0 Å². The van der Waals surface area contributed by atoms with Crippen molar-refractivity contribution in [3.8, 4) is 0 Å². The number of carbonyl (C=O) groups excluding carboxylic acids is 1. The molecule has 2 aromatic rings. The zero-order valence-electron chi connectivity index (χ0n) is 10.8. The van der Waals surface area contributed by atoms with Gasteiger partial charge in [-0.2, -0.15) is 0 Å². The van der Waals surface area contributed by atoms with Gasteiger partial charge >= 0.3 is 0 Å². The first-order valence-corrected chi connectivity index (χ1v) is 6.35. The summed E-state index contributed by atoms with van der Waals surface area (Å²) in [6.45, 7) is 2.10. The molecule has 3 rings (SSSR count). The Balaban J connectivity index is 1.85. The number of nitrogens with zero attached hydrogens (tertiary/aromatic N) is 3. The van der Waals surface area contributed by atoms with Crippen molar-refractivity contribution in [2.75, 3.05) is 18.9 Å². The molecule has 5 nitrogen and oxygen atoms in total. The topological polar surface area (TPSA) is 50.2 Å². The maximum absolute atomic E-state index is 12.6. The normalized spacial score (nSPS) is 14.1. The number of carbonyl (C=O) groups is 1. The maximum Gasteiger partial charge on any atom is 0.256 e. The zero-order chi connectivity index (χ0) is 13.2. The van der Waals surface area contributed by atoms with E-state index >= 15 is 0 Å². The molecule has 5 heteroatoms. The van der Waals surface area contributed by atoms with Crippen molar-refractivity contribution in [1.29, 1.82) is 0 Å². The zero-order valence-corrected chi connectivity index (χ0v) is 10.8. The van der Waals surface area contributed by atoms with Crippen molar-refractivity contribution >= 4 is 11.6 Å². The van der Waals surface area contributed by atoms with Crippen LogP contribution in [0.1, 0.15) is 16.2 Å². The second kappa shape index (κ2) is 4.76. The van der Waals surface area contributed by atoms with Crippen molar-refractivity contribution in [3.05, 3.63) is 48.0 Å². The molecule has 19 heavy (non-hydrogen) atoms. The maximum atomic E-state index is 12.6. The van der Waals surface area contributed by atoms with Crippen molar-refractivity contribution in [2.45, 2.75) is 13.1 Å². The van der Waals surface area contributed by atoms with Crippen LogP contribution in [-0.2, 0) is 13.1 Å². The summed E-state index contributed by atoms with van der Waals surface area (Å²) < 4.78 is 2.09. The Bertz CT molecular complexity index is 605. The second-order valence-electron chi connectivity index (χ2n) is 4.56. The minimum atomic E-state index is 0.0548. The SMILES string of the molecule is CNc1ccccc1C(=O)N1CCn2ccnc2C1. The van der Waals surface area contributed by atoms with E-state index in [9.17, 15) is 4.79 Å². The highest BCUT2D eigenvalue weighted by Gasteiger charge is 2.23. The molecule has 0 spiro atoms. The van der Waals surface area contributed by atoms with Crippen LogP contribution in [0, 0.1) is 0 Å². The Kier molecular flexibility index (Phi) is 2.95. The molecule has 1 aromatic carbocycles. The number of amides is 1. The van der Waals surface area contributed by atoms with E-state index in [-0.39, 0.29) is 5.91 Å². The van der Waals surface area contributed by atoms with E-state index in [1.165, 1.54) is 0 Å². The molecule has 1 aliphatic heterocycles. The molecule has 98 valence electrons. The van der Waals surface area contributed by atoms with Crippen molar-refractivity contribution in [3.63, 3.8) is 0 Å². The highest BCUT2D eigenvalue weighted by Crippen LogP contribution is 2.19. The van der Waals surface area contributed by atoms with E-state index in [0.29, 0.717) is 12.1 Å². The third kappa shape index (κ3) is 2.07. The van der Waals surface area contributed by atoms with Gasteiger partial charge in [-0.1, -0.05) is 12.1 Å².